The molecule has 4 N–H and O–H groups in total. The number of hydrogen-bond acceptors (Lipinski definition) is 6. The Morgan fingerprint density at radius 1 is 1.26 bits per heavy atom. The number of piperidine rings is 1. The van der Waals surface area contributed by atoms with Gasteiger partial charge in [0.1, 0.15) is 5.82 Å². The maximum Gasteiger partial charge on any atom is 0.229 e. The minimum atomic E-state index is 0.210. The first-order chi connectivity index (χ1) is 13.1. The molecular formula is C21H31N5O. The van der Waals surface area contributed by atoms with Gasteiger partial charge in [-0.3, -0.25) is 0 Å². The van der Waals surface area contributed by atoms with Gasteiger partial charge in [0.05, 0.1) is 0 Å². The van der Waals surface area contributed by atoms with Gasteiger partial charge in [0, 0.05) is 42.3 Å². The zero-order chi connectivity index (χ0) is 19.2. The van der Waals surface area contributed by atoms with Gasteiger partial charge in [-0.05, 0) is 56.7 Å². The second kappa shape index (κ2) is 9.04. The molecule has 0 radical (unpaired) electrons. The maximum absolute atomic E-state index is 9.44. The molecule has 1 unspecified atom stereocenters. The number of nitrogens with zero attached hydrogens (tertiary/aromatic N) is 3. The molecule has 6 nitrogen and oxygen atoms in total. The van der Waals surface area contributed by atoms with Crippen LogP contribution in [0.5, 0.6) is 0 Å². The van der Waals surface area contributed by atoms with Gasteiger partial charge in [-0.15, -0.1) is 0 Å². The van der Waals surface area contributed by atoms with Crippen LogP contribution in [0.4, 0.5) is 23.1 Å². The molecule has 0 bridgehead atoms. The second-order valence-corrected chi connectivity index (χ2v) is 7.34. The lowest BCUT2D eigenvalue weighted by Gasteiger charge is -2.36. The molecule has 146 valence electrons. The van der Waals surface area contributed by atoms with Gasteiger partial charge >= 0.3 is 0 Å². The fourth-order valence-corrected chi connectivity index (χ4v) is 3.67. The topological polar surface area (TPSA) is 87.3 Å². The molecule has 1 aliphatic rings. The summed E-state index contributed by atoms with van der Waals surface area (Å²) in [6, 6.07) is 8.36. The van der Waals surface area contributed by atoms with Gasteiger partial charge in [-0.1, -0.05) is 19.4 Å². The van der Waals surface area contributed by atoms with Gasteiger partial charge in [0.2, 0.25) is 5.95 Å². The average Bonchev–Trinajstić information content (AvgIpc) is 2.66. The number of nitrogens with one attached hydrogen (secondary N) is 1. The average molecular weight is 370 g/mol. The number of benzene rings is 1. The zero-order valence-corrected chi connectivity index (χ0v) is 16.4. The molecule has 1 aromatic heterocycles. The number of hydrogen-bond donors (Lipinski definition) is 3. The van der Waals surface area contributed by atoms with Crippen LogP contribution in [0, 0.1) is 6.92 Å². The summed E-state index contributed by atoms with van der Waals surface area (Å²) >= 11 is 0. The first-order valence-electron chi connectivity index (χ1n) is 9.99. The number of aliphatic hydroxyl groups excluding tert-OH is 1. The van der Waals surface area contributed by atoms with Crippen molar-refractivity contribution >= 4 is 23.1 Å². The Labute approximate surface area is 161 Å². The van der Waals surface area contributed by atoms with E-state index >= 15 is 0 Å². The van der Waals surface area contributed by atoms with Crippen LogP contribution in [-0.2, 0) is 6.42 Å². The number of rotatable bonds is 7. The monoisotopic (exact) mass is 369 g/mol. The molecule has 1 aliphatic heterocycles. The summed E-state index contributed by atoms with van der Waals surface area (Å²) in [4.78, 5) is 11.8. The smallest absolute Gasteiger partial charge is 0.229 e. The third-order valence-corrected chi connectivity index (χ3v) is 5.19. The lowest BCUT2D eigenvalue weighted by molar-refractivity contribution is 0.262. The summed E-state index contributed by atoms with van der Waals surface area (Å²) in [7, 11) is 0. The van der Waals surface area contributed by atoms with Crippen molar-refractivity contribution in [2.24, 2.45) is 0 Å². The van der Waals surface area contributed by atoms with Gasteiger partial charge in [-0.25, -0.2) is 4.98 Å². The third-order valence-electron chi connectivity index (χ3n) is 5.19. The molecule has 1 fully saturated rings. The molecule has 0 aliphatic carbocycles. The normalized spacial score (nSPS) is 17.1. The van der Waals surface area contributed by atoms with Crippen LogP contribution in [0.1, 0.15) is 50.3 Å². The predicted molar refractivity (Wildman–Crippen MR) is 112 cm³/mol. The van der Waals surface area contributed by atoms with Gasteiger partial charge < -0.3 is 21.1 Å². The molecule has 1 atom stereocenters. The van der Waals surface area contributed by atoms with Crippen molar-refractivity contribution in [2.75, 3.05) is 29.1 Å². The predicted octanol–water partition coefficient (Wildman–Crippen LogP) is 3.80. The van der Waals surface area contributed by atoms with Crippen LogP contribution in [-0.4, -0.2) is 34.3 Å². The zero-order valence-electron chi connectivity index (χ0n) is 16.4. The first-order valence-corrected chi connectivity index (χ1v) is 9.99. The third kappa shape index (κ3) is 4.89. The Kier molecular flexibility index (Phi) is 6.50. The van der Waals surface area contributed by atoms with Crippen molar-refractivity contribution in [3.8, 4) is 0 Å². The molecule has 0 amide bonds. The highest BCUT2D eigenvalue weighted by atomic mass is 16.3. The summed E-state index contributed by atoms with van der Waals surface area (Å²) in [6.45, 7) is 5.34. The Balaban J connectivity index is 1.90. The van der Waals surface area contributed by atoms with Crippen LogP contribution < -0.4 is 16.0 Å². The fraction of sp³-hybridized carbons (Fsp3) is 0.524. The molecule has 2 aromatic rings. The minimum absolute atomic E-state index is 0.210. The standard InChI is InChI=1S/C21H31N5O/c1-3-6-16-14-20(26-11-5-4-7-18(26)10-12-27)25-21(23-16)24-17-9-8-15(2)19(22)13-17/h8-9,13-14,18,27H,3-7,10-12,22H2,1-2H3,(H,23,24,25). The lowest BCUT2D eigenvalue weighted by Crippen LogP contribution is -2.40. The van der Waals surface area contributed by atoms with Crippen molar-refractivity contribution < 1.29 is 5.11 Å². The van der Waals surface area contributed by atoms with Crippen LogP contribution in [0.2, 0.25) is 0 Å². The van der Waals surface area contributed by atoms with Gasteiger partial charge in [-0.2, -0.15) is 4.98 Å². The molecule has 27 heavy (non-hydrogen) atoms. The fourth-order valence-electron chi connectivity index (χ4n) is 3.67. The molecule has 6 heteroatoms. The van der Waals surface area contributed by atoms with Crippen molar-refractivity contribution in [2.45, 2.75) is 58.4 Å². The molecule has 1 aromatic carbocycles. The first kappa shape index (κ1) is 19.4. The Morgan fingerprint density at radius 3 is 2.85 bits per heavy atom. The van der Waals surface area contributed by atoms with Crippen LogP contribution in [0.3, 0.4) is 0 Å². The highest BCUT2D eigenvalue weighted by Gasteiger charge is 2.24. The van der Waals surface area contributed by atoms with Gasteiger partial charge in [0.25, 0.3) is 0 Å². The number of aromatic nitrogens is 2. The van der Waals surface area contributed by atoms with Crippen LogP contribution in [0.15, 0.2) is 24.3 Å². The highest BCUT2D eigenvalue weighted by Crippen LogP contribution is 2.28. The number of nitrogens with two attached hydrogens (primary N) is 1. The van der Waals surface area contributed by atoms with Crippen molar-refractivity contribution in [1.82, 2.24) is 9.97 Å². The summed E-state index contributed by atoms with van der Waals surface area (Å²) in [6.07, 6.45) is 6.20. The van der Waals surface area contributed by atoms with E-state index in [1.807, 2.05) is 25.1 Å². The molecule has 0 saturated carbocycles. The van der Waals surface area contributed by atoms with E-state index in [-0.39, 0.29) is 6.61 Å². The van der Waals surface area contributed by atoms with E-state index in [0.29, 0.717) is 12.0 Å². The number of anilines is 4. The number of aliphatic hydroxyl groups is 1. The molecule has 0 spiro atoms. The molecule has 3 rings (SSSR count). The molecule has 1 saturated heterocycles. The highest BCUT2D eigenvalue weighted by molar-refractivity contribution is 5.63. The van der Waals surface area contributed by atoms with E-state index in [0.717, 1.165) is 67.1 Å². The van der Waals surface area contributed by atoms with E-state index < -0.39 is 0 Å². The molecule has 2 heterocycles. The summed E-state index contributed by atoms with van der Waals surface area (Å²) in [5.41, 5.74) is 9.78. The SMILES string of the molecule is CCCc1cc(N2CCCCC2CCO)nc(Nc2ccc(C)c(N)c2)n1. The van der Waals surface area contributed by atoms with Crippen molar-refractivity contribution in [1.29, 1.82) is 0 Å². The Hall–Kier alpha value is -2.34. The van der Waals surface area contributed by atoms with Crippen molar-refractivity contribution in [3.05, 3.63) is 35.5 Å². The van der Waals surface area contributed by atoms with E-state index in [1.165, 1.54) is 6.42 Å². The van der Waals surface area contributed by atoms with Crippen LogP contribution in [0.25, 0.3) is 0 Å². The second-order valence-electron chi connectivity index (χ2n) is 7.34. The molecular weight excluding hydrogens is 338 g/mol. The largest absolute Gasteiger partial charge is 0.398 e. The van der Waals surface area contributed by atoms with Crippen LogP contribution >= 0.6 is 0 Å². The maximum atomic E-state index is 9.44. The van der Waals surface area contributed by atoms with E-state index in [4.69, 9.17) is 15.7 Å². The lowest BCUT2D eigenvalue weighted by atomic mass is 9.99. The van der Waals surface area contributed by atoms with Gasteiger partial charge in [0.15, 0.2) is 0 Å². The van der Waals surface area contributed by atoms with Crippen molar-refractivity contribution in [3.63, 3.8) is 0 Å². The Bertz CT molecular complexity index is 762. The summed E-state index contributed by atoms with van der Waals surface area (Å²) in [5.74, 6) is 1.56. The summed E-state index contributed by atoms with van der Waals surface area (Å²) in [5, 5.41) is 12.8. The number of nitrogen functional groups attached to an aromatic ring is 1. The summed E-state index contributed by atoms with van der Waals surface area (Å²) < 4.78 is 0. The number of aryl methyl sites for hydroxylation is 2. The quantitative estimate of drug-likeness (QED) is 0.644. The van der Waals surface area contributed by atoms with E-state index in [1.54, 1.807) is 0 Å². The Morgan fingerprint density at radius 2 is 2.11 bits per heavy atom. The van der Waals surface area contributed by atoms with E-state index in [9.17, 15) is 5.11 Å². The minimum Gasteiger partial charge on any atom is -0.398 e. The van der Waals surface area contributed by atoms with E-state index in [2.05, 4.69) is 23.2 Å².